The molecule has 3 aromatic rings. The van der Waals surface area contributed by atoms with Crippen LogP contribution in [0.5, 0.6) is 5.88 Å². The monoisotopic (exact) mass is 456 g/mol. The number of nitrogen functional groups attached to an aromatic ring is 2. The van der Waals surface area contributed by atoms with Gasteiger partial charge in [-0.2, -0.15) is 5.26 Å². The van der Waals surface area contributed by atoms with Gasteiger partial charge in [0.15, 0.2) is 5.82 Å². The molecule has 9 heteroatoms. The molecule has 5 rings (SSSR count). The third kappa shape index (κ3) is 4.32. The van der Waals surface area contributed by atoms with Crippen LogP contribution >= 0.6 is 0 Å². The van der Waals surface area contributed by atoms with Gasteiger partial charge in [0.25, 0.3) is 5.88 Å². The maximum Gasteiger partial charge on any atom is 0.258 e. The Morgan fingerprint density at radius 1 is 1.12 bits per heavy atom. The largest absolute Gasteiger partial charge is 0.470 e. The Balaban J connectivity index is 1.32. The predicted octanol–water partition coefficient (Wildman–Crippen LogP) is 2.69. The molecule has 2 fully saturated rings. The molecule has 0 saturated carbocycles. The number of benzene rings is 1. The van der Waals surface area contributed by atoms with E-state index in [4.69, 9.17) is 16.2 Å². The van der Waals surface area contributed by atoms with Crippen molar-refractivity contribution in [1.82, 2.24) is 19.9 Å². The summed E-state index contributed by atoms with van der Waals surface area (Å²) in [4.78, 5) is 17.5. The van der Waals surface area contributed by atoms with E-state index < -0.39 is 0 Å². The zero-order chi connectivity index (χ0) is 23.7. The Kier molecular flexibility index (Phi) is 5.67. The van der Waals surface area contributed by atoms with E-state index in [1.165, 1.54) is 12.8 Å². The van der Waals surface area contributed by atoms with E-state index in [1.807, 2.05) is 24.3 Å². The lowest BCUT2D eigenvalue weighted by Gasteiger charge is -2.55. The standard InChI is InChI=1S/C25H28N8O/c1-32-8-5-25(6-9-32)15-33(16-25)21-3-2-18(11-19(21)12-26)20-13-30-23(28)24(31-20)34-14-17-4-7-29-22(27)10-17/h2-4,7,10-11,13H,5-6,8-9,14-16H2,1H3,(H2,27,29)(H2,28,30). The number of nitrogens with zero attached hydrogens (tertiary/aromatic N) is 6. The van der Waals surface area contributed by atoms with Crippen LogP contribution in [0, 0.1) is 16.7 Å². The molecular weight excluding hydrogens is 428 g/mol. The fraction of sp³-hybridized carbons (Fsp3) is 0.360. The van der Waals surface area contributed by atoms with Crippen LogP contribution in [-0.4, -0.2) is 53.1 Å². The second-order valence-corrected chi connectivity index (χ2v) is 9.33. The van der Waals surface area contributed by atoms with Gasteiger partial charge in [-0.15, -0.1) is 0 Å². The van der Waals surface area contributed by atoms with Crippen LogP contribution in [0.15, 0.2) is 42.7 Å². The van der Waals surface area contributed by atoms with Crippen LogP contribution < -0.4 is 21.1 Å². The summed E-state index contributed by atoms with van der Waals surface area (Å²) in [6.07, 6.45) is 5.66. The lowest BCUT2D eigenvalue weighted by Crippen LogP contribution is -2.60. The molecule has 2 aromatic heterocycles. The summed E-state index contributed by atoms with van der Waals surface area (Å²) in [5.74, 6) is 0.858. The summed E-state index contributed by atoms with van der Waals surface area (Å²) in [6.45, 7) is 4.55. The number of hydrogen-bond acceptors (Lipinski definition) is 9. The topological polar surface area (TPSA) is 130 Å². The van der Waals surface area contributed by atoms with E-state index in [2.05, 4.69) is 37.9 Å². The third-order valence-corrected chi connectivity index (χ3v) is 6.84. The molecule has 2 aliphatic heterocycles. The Morgan fingerprint density at radius 3 is 2.65 bits per heavy atom. The Labute approximate surface area is 199 Å². The second kappa shape index (κ2) is 8.80. The molecule has 34 heavy (non-hydrogen) atoms. The molecule has 1 spiro atoms. The van der Waals surface area contributed by atoms with Crippen molar-refractivity contribution in [3.8, 4) is 23.2 Å². The minimum absolute atomic E-state index is 0.201. The lowest BCUT2D eigenvalue weighted by molar-refractivity contribution is 0.0906. The molecule has 2 aliphatic rings. The number of aromatic nitrogens is 3. The van der Waals surface area contributed by atoms with Gasteiger partial charge in [0.05, 0.1) is 23.1 Å². The van der Waals surface area contributed by atoms with Crippen LogP contribution in [-0.2, 0) is 6.61 Å². The van der Waals surface area contributed by atoms with Crippen molar-refractivity contribution in [2.45, 2.75) is 19.4 Å². The zero-order valence-electron chi connectivity index (χ0n) is 19.2. The van der Waals surface area contributed by atoms with Gasteiger partial charge in [-0.3, -0.25) is 0 Å². The van der Waals surface area contributed by atoms with Gasteiger partial charge in [0.2, 0.25) is 0 Å². The third-order valence-electron chi connectivity index (χ3n) is 6.84. The van der Waals surface area contributed by atoms with E-state index in [0.29, 0.717) is 22.5 Å². The Bertz CT molecular complexity index is 1240. The number of hydrogen-bond donors (Lipinski definition) is 2. The summed E-state index contributed by atoms with van der Waals surface area (Å²) < 4.78 is 5.80. The van der Waals surface area contributed by atoms with E-state index in [-0.39, 0.29) is 18.3 Å². The summed E-state index contributed by atoms with van der Waals surface area (Å²) in [5.41, 5.74) is 16.0. The number of nitriles is 1. The van der Waals surface area contributed by atoms with E-state index in [9.17, 15) is 5.26 Å². The number of ether oxygens (including phenoxy) is 1. The van der Waals surface area contributed by atoms with Crippen molar-refractivity contribution in [2.75, 3.05) is 49.6 Å². The van der Waals surface area contributed by atoms with Gasteiger partial charge < -0.3 is 26.0 Å². The molecule has 0 radical (unpaired) electrons. The van der Waals surface area contributed by atoms with Crippen molar-refractivity contribution in [2.24, 2.45) is 5.41 Å². The summed E-state index contributed by atoms with van der Waals surface area (Å²) in [6, 6.07) is 11.8. The number of likely N-dealkylation sites (tertiary alicyclic amines) is 1. The molecule has 174 valence electrons. The first-order valence-electron chi connectivity index (χ1n) is 11.4. The van der Waals surface area contributed by atoms with Gasteiger partial charge in [0, 0.05) is 30.3 Å². The number of pyridine rings is 1. The minimum atomic E-state index is 0.201. The van der Waals surface area contributed by atoms with Crippen molar-refractivity contribution >= 4 is 17.3 Å². The first-order valence-corrected chi connectivity index (χ1v) is 11.4. The van der Waals surface area contributed by atoms with Crippen molar-refractivity contribution in [1.29, 1.82) is 5.26 Å². The maximum absolute atomic E-state index is 9.85. The SMILES string of the molecule is CN1CCC2(CC1)CN(c1ccc(-c3cnc(N)c(OCc4ccnc(N)c4)n3)cc1C#N)C2. The molecule has 0 bridgehead atoms. The highest BCUT2D eigenvalue weighted by Crippen LogP contribution is 2.43. The molecule has 0 amide bonds. The van der Waals surface area contributed by atoms with E-state index in [1.54, 1.807) is 18.5 Å². The zero-order valence-corrected chi connectivity index (χ0v) is 19.2. The quantitative estimate of drug-likeness (QED) is 0.595. The molecule has 9 nitrogen and oxygen atoms in total. The number of nitrogens with two attached hydrogens (primary N) is 2. The number of rotatable bonds is 5. The summed E-state index contributed by atoms with van der Waals surface area (Å²) in [7, 11) is 2.18. The van der Waals surface area contributed by atoms with Gasteiger partial charge in [-0.1, -0.05) is 6.07 Å². The van der Waals surface area contributed by atoms with Crippen molar-refractivity contribution in [3.63, 3.8) is 0 Å². The lowest BCUT2D eigenvalue weighted by atomic mass is 9.71. The van der Waals surface area contributed by atoms with Crippen molar-refractivity contribution in [3.05, 3.63) is 53.9 Å². The Morgan fingerprint density at radius 2 is 1.91 bits per heavy atom. The second-order valence-electron chi connectivity index (χ2n) is 9.33. The molecule has 4 heterocycles. The van der Waals surface area contributed by atoms with Crippen LogP contribution in [0.25, 0.3) is 11.3 Å². The van der Waals surface area contributed by atoms with Crippen LogP contribution in [0.1, 0.15) is 24.0 Å². The van der Waals surface area contributed by atoms with E-state index >= 15 is 0 Å². The van der Waals surface area contributed by atoms with Gasteiger partial charge in [-0.25, -0.2) is 15.0 Å². The van der Waals surface area contributed by atoms with E-state index in [0.717, 1.165) is 43.0 Å². The summed E-state index contributed by atoms with van der Waals surface area (Å²) in [5, 5.41) is 9.85. The van der Waals surface area contributed by atoms with Crippen LogP contribution in [0.3, 0.4) is 0 Å². The first kappa shape index (κ1) is 21.9. The van der Waals surface area contributed by atoms with Gasteiger partial charge in [0.1, 0.15) is 18.5 Å². The molecule has 0 unspecified atom stereocenters. The molecule has 0 atom stereocenters. The first-order chi connectivity index (χ1) is 16.4. The Hall–Kier alpha value is -3.90. The summed E-state index contributed by atoms with van der Waals surface area (Å²) >= 11 is 0. The number of piperidine rings is 1. The molecule has 2 saturated heterocycles. The van der Waals surface area contributed by atoms with Crippen molar-refractivity contribution < 1.29 is 4.74 Å². The average Bonchev–Trinajstić information content (AvgIpc) is 2.82. The average molecular weight is 457 g/mol. The smallest absolute Gasteiger partial charge is 0.258 e. The fourth-order valence-corrected chi connectivity index (χ4v) is 4.77. The van der Waals surface area contributed by atoms with Gasteiger partial charge in [-0.05, 0) is 62.8 Å². The highest BCUT2D eigenvalue weighted by molar-refractivity contribution is 5.71. The number of anilines is 3. The predicted molar refractivity (Wildman–Crippen MR) is 131 cm³/mol. The molecule has 4 N–H and O–H groups in total. The fourth-order valence-electron chi connectivity index (χ4n) is 4.77. The normalized spacial score (nSPS) is 17.2. The highest BCUT2D eigenvalue weighted by Gasteiger charge is 2.44. The molecule has 0 aliphatic carbocycles. The molecule has 1 aromatic carbocycles. The highest BCUT2D eigenvalue weighted by atomic mass is 16.5. The maximum atomic E-state index is 9.85. The van der Waals surface area contributed by atoms with Gasteiger partial charge >= 0.3 is 0 Å². The molecular formula is C25H28N8O. The minimum Gasteiger partial charge on any atom is -0.470 e. The van der Waals surface area contributed by atoms with Crippen LogP contribution in [0.4, 0.5) is 17.3 Å². The van der Waals surface area contributed by atoms with Crippen LogP contribution in [0.2, 0.25) is 0 Å².